The van der Waals surface area contributed by atoms with E-state index in [1.165, 1.54) is 19.3 Å². The van der Waals surface area contributed by atoms with Crippen molar-refractivity contribution < 1.29 is 19.1 Å². The molecule has 4 amide bonds. The third kappa shape index (κ3) is 6.02. The molecule has 2 aliphatic rings. The number of hydrogen-bond donors (Lipinski definition) is 3. The average molecular weight is 463 g/mol. The third-order valence-electron chi connectivity index (χ3n) is 6.10. The molecule has 2 heterocycles. The number of amides is 4. The minimum atomic E-state index is -0.428. The Morgan fingerprint density at radius 2 is 1.82 bits per heavy atom. The van der Waals surface area contributed by atoms with Gasteiger partial charge in [0.05, 0.1) is 6.42 Å². The molecule has 1 saturated heterocycles. The number of nitrogens with zero attached hydrogens (tertiary/aromatic N) is 1. The van der Waals surface area contributed by atoms with Gasteiger partial charge in [-0.25, -0.2) is 4.79 Å². The molecule has 0 bridgehead atoms. The minimum Gasteiger partial charge on any atom is -0.492 e. The van der Waals surface area contributed by atoms with Crippen LogP contribution in [0.1, 0.15) is 38.2 Å². The molecule has 8 nitrogen and oxygen atoms in total. The predicted molar refractivity (Wildman–Crippen MR) is 132 cm³/mol. The molecule has 0 unspecified atom stereocenters. The van der Waals surface area contributed by atoms with Crippen LogP contribution in [0, 0.1) is 0 Å². The fraction of sp³-hybridized carbons (Fsp3) is 0.346. The fourth-order valence-electron chi connectivity index (χ4n) is 4.27. The second-order valence-corrected chi connectivity index (χ2v) is 8.56. The van der Waals surface area contributed by atoms with Crippen molar-refractivity contribution >= 4 is 34.8 Å². The highest BCUT2D eigenvalue weighted by atomic mass is 16.5. The predicted octanol–water partition coefficient (Wildman–Crippen LogP) is 4.02. The van der Waals surface area contributed by atoms with Crippen LogP contribution in [0.2, 0.25) is 0 Å². The Morgan fingerprint density at radius 3 is 2.65 bits per heavy atom. The number of nitrogens with one attached hydrogen (secondary N) is 3. The zero-order chi connectivity index (χ0) is 23.9. The summed E-state index contributed by atoms with van der Waals surface area (Å²) >= 11 is 0. The first kappa shape index (κ1) is 23.5. The van der Waals surface area contributed by atoms with Gasteiger partial charge < -0.3 is 15.4 Å². The number of hydrogen-bond acceptors (Lipinski definition) is 5. The van der Waals surface area contributed by atoms with Gasteiger partial charge in [-0.15, -0.1) is 0 Å². The van der Waals surface area contributed by atoms with Gasteiger partial charge in [0.15, 0.2) is 0 Å². The SMILES string of the molecule is CC1=C(c2ccccc2NC(=O)Nc2cccc(OCCN3CCCCC3)c2)CC(=O)NC1=O. The topological polar surface area (TPSA) is 99.8 Å². The van der Waals surface area contributed by atoms with Crippen molar-refractivity contribution in [2.45, 2.75) is 32.6 Å². The molecule has 0 spiro atoms. The number of anilines is 2. The van der Waals surface area contributed by atoms with Crippen molar-refractivity contribution in [1.29, 1.82) is 0 Å². The van der Waals surface area contributed by atoms with Crippen LogP contribution in [0.4, 0.5) is 16.2 Å². The van der Waals surface area contributed by atoms with Crippen LogP contribution in [-0.2, 0) is 9.59 Å². The number of piperidine rings is 1. The van der Waals surface area contributed by atoms with Crippen molar-refractivity contribution in [1.82, 2.24) is 10.2 Å². The van der Waals surface area contributed by atoms with Gasteiger partial charge in [-0.3, -0.25) is 19.8 Å². The summed E-state index contributed by atoms with van der Waals surface area (Å²) in [7, 11) is 0. The van der Waals surface area contributed by atoms with Gasteiger partial charge >= 0.3 is 6.03 Å². The Hall–Kier alpha value is -3.65. The maximum atomic E-state index is 12.7. The van der Waals surface area contributed by atoms with Crippen molar-refractivity contribution in [3.8, 4) is 5.75 Å². The summed E-state index contributed by atoms with van der Waals surface area (Å²) in [5, 5.41) is 7.97. The van der Waals surface area contributed by atoms with Gasteiger partial charge in [0.1, 0.15) is 12.4 Å². The van der Waals surface area contributed by atoms with E-state index in [1.54, 1.807) is 43.3 Å². The van der Waals surface area contributed by atoms with Gasteiger partial charge in [0, 0.05) is 35.1 Å². The zero-order valence-electron chi connectivity index (χ0n) is 19.4. The molecule has 0 atom stereocenters. The number of para-hydroxylation sites is 1. The highest BCUT2D eigenvalue weighted by Gasteiger charge is 2.24. The monoisotopic (exact) mass is 462 g/mol. The molecule has 34 heavy (non-hydrogen) atoms. The molecule has 178 valence electrons. The Labute approximate surface area is 199 Å². The molecule has 1 fully saturated rings. The molecule has 2 aromatic rings. The van der Waals surface area contributed by atoms with E-state index < -0.39 is 11.9 Å². The number of benzene rings is 2. The van der Waals surface area contributed by atoms with E-state index in [9.17, 15) is 14.4 Å². The van der Waals surface area contributed by atoms with Crippen LogP contribution >= 0.6 is 0 Å². The molecular formula is C26H30N4O4. The van der Waals surface area contributed by atoms with Crippen LogP contribution in [0.15, 0.2) is 54.1 Å². The van der Waals surface area contributed by atoms with Crippen molar-refractivity contribution in [2.24, 2.45) is 0 Å². The molecule has 0 aromatic heterocycles. The Bertz CT molecular complexity index is 1110. The largest absolute Gasteiger partial charge is 0.492 e. The summed E-state index contributed by atoms with van der Waals surface area (Å²) in [6, 6.07) is 14.0. The molecule has 4 rings (SSSR count). The van der Waals surface area contributed by atoms with Gasteiger partial charge in [-0.05, 0) is 56.6 Å². The number of imide groups is 1. The van der Waals surface area contributed by atoms with Gasteiger partial charge in [0.2, 0.25) is 5.91 Å². The molecule has 8 heteroatoms. The minimum absolute atomic E-state index is 0.0781. The van der Waals surface area contributed by atoms with Gasteiger partial charge in [0.25, 0.3) is 5.91 Å². The number of urea groups is 1. The fourth-order valence-corrected chi connectivity index (χ4v) is 4.27. The average Bonchev–Trinajstić information content (AvgIpc) is 2.83. The van der Waals surface area contributed by atoms with E-state index in [-0.39, 0.29) is 12.3 Å². The smallest absolute Gasteiger partial charge is 0.323 e. The Morgan fingerprint density at radius 1 is 1.03 bits per heavy atom. The van der Waals surface area contributed by atoms with Crippen molar-refractivity contribution in [3.05, 3.63) is 59.7 Å². The summed E-state index contributed by atoms with van der Waals surface area (Å²) in [5.41, 5.74) is 2.84. The molecule has 2 aromatic carbocycles. The van der Waals surface area contributed by atoms with Crippen molar-refractivity contribution in [3.63, 3.8) is 0 Å². The first-order valence-corrected chi connectivity index (χ1v) is 11.7. The second-order valence-electron chi connectivity index (χ2n) is 8.56. The third-order valence-corrected chi connectivity index (χ3v) is 6.10. The van der Waals surface area contributed by atoms with Crippen LogP contribution in [0.5, 0.6) is 5.75 Å². The van der Waals surface area contributed by atoms with Crippen molar-refractivity contribution in [2.75, 3.05) is 36.9 Å². The number of likely N-dealkylation sites (tertiary alicyclic amines) is 1. The molecule has 0 radical (unpaired) electrons. The zero-order valence-corrected chi connectivity index (χ0v) is 19.4. The van der Waals surface area contributed by atoms with Gasteiger partial charge in [-0.1, -0.05) is 30.7 Å². The highest BCUT2D eigenvalue weighted by molar-refractivity contribution is 6.16. The van der Waals surface area contributed by atoms with Crippen LogP contribution in [-0.4, -0.2) is 49.0 Å². The summed E-state index contributed by atoms with van der Waals surface area (Å²) in [4.78, 5) is 39.1. The van der Waals surface area contributed by atoms with Crippen LogP contribution < -0.4 is 20.7 Å². The maximum absolute atomic E-state index is 12.7. The van der Waals surface area contributed by atoms with E-state index in [0.29, 0.717) is 40.4 Å². The highest BCUT2D eigenvalue weighted by Crippen LogP contribution is 2.31. The first-order chi connectivity index (χ1) is 16.5. The van der Waals surface area contributed by atoms with Crippen LogP contribution in [0.3, 0.4) is 0 Å². The summed E-state index contributed by atoms with van der Waals surface area (Å²) in [5.74, 6) is -0.0766. The number of rotatable bonds is 7. The summed E-state index contributed by atoms with van der Waals surface area (Å²) in [6.45, 7) is 5.42. The number of carbonyl (C=O) groups excluding carboxylic acids is 3. The summed E-state index contributed by atoms with van der Waals surface area (Å²) in [6.07, 6.45) is 3.88. The number of carbonyl (C=O) groups is 3. The van der Waals surface area contributed by atoms with E-state index >= 15 is 0 Å². The lowest BCUT2D eigenvalue weighted by molar-refractivity contribution is -0.128. The normalized spacial score (nSPS) is 16.7. The molecule has 0 saturated carbocycles. The molecular weight excluding hydrogens is 432 g/mol. The van der Waals surface area contributed by atoms with E-state index in [0.717, 1.165) is 19.6 Å². The molecule has 3 N–H and O–H groups in total. The lowest BCUT2D eigenvalue weighted by atomic mass is 9.93. The van der Waals surface area contributed by atoms with E-state index in [4.69, 9.17) is 4.74 Å². The van der Waals surface area contributed by atoms with E-state index in [1.807, 2.05) is 12.1 Å². The Kier molecular flexibility index (Phi) is 7.59. The Balaban J connectivity index is 1.38. The molecule has 0 aliphatic carbocycles. The maximum Gasteiger partial charge on any atom is 0.323 e. The lowest BCUT2D eigenvalue weighted by Gasteiger charge is -2.26. The standard InChI is InChI=1S/C26H30N4O4/c1-18-22(17-24(31)29-25(18)32)21-10-3-4-11-23(21)28-26(33)27-19-8-7-9-20(16-19)34-15-14-30-12-5-2-6-13-30/h3-4,7-11,16H,2,5-6,12-15,17H2,1H3,(H2,27,28,33)(H,29,31,32). The van der Waals surface area contributed by atoms with Gasteiger partial charge in [-0.2, -0.15) is 0 Å². The van der Waals surface area contributed by atoms with E-state index in [2.05, 4.69) is 20.9 Å². The number of ether oxygens (including phenoxy) is 1. The first-order valence-electron chi connectivity index (χ1n) is 11.7. The lowest BCUT2D eigenvalue weighted by Crippen LogP contribution is -2.35. The summed E-state index contributed by atoms with van der Waals surface area (Å²) < 4.78 is 5.89. The quantitative estimate of drug-likeness (QED) is 0.540. The van der Waals surface area contributed by atoms with Crippen LogP contribution in [0.25, 0.3) is 5.57 Å². The molecule has 2 aliphatic heterocycles. The second kappa shape index (κ2) is 11.0.